The molecule has 1 heterocycles. The molecule has 0 aromatic carbocycles. The maximum absolute atomic E-state index is 5.54. The van der Waals surface area contributed by atoms with Crippen LogP contribution in [0.25, 0.3) is 0 Å². The molecule has 0 aliphatic heterocycles. The molecule has 6 nitrogen and oxygen atoms in total. The maximum Gasteiger partial charge on any atom is 0.191 e. The Balaban J connectivity index is 2.19. The lowest BCUT2D eigenvalue weighted by atomic mass is 10.1. The first kappa shape index (κ1) is 18.5. The molecule has 1 aromatic rings. The Hall–Kier alpha value is -1.53. The van der Waals surface area contributed by atoms with Crippen molar-refractivity contribution in [2.24, 2.45) is 4.99 Å². The van der Waals surface area contributed by atoms with Gasteiger partial charge >= 0.3 is 0 Å². The fourth-order valence-corrected chi connectivity index (χ4v) is 1.62. The molecule has 0 spiro atoms. The molecular formula is C16H29N3O3. The molecular weight excluding hydrogens is 282 g/mol. The van der Waals surface area contributed by atoms with E-state index in [0.29, 0.717) is 19.8 Å². The molecule has 126 valence electrons. The Morgan fingerprint density at radius 3 is 2.82 bits per heavy atom. The van der Waals surface area contributed by atoms with Crippen LogP contribution in [0.2, 0.25) is 0 Å². The van der Waals surface area contributed by atoms with Crippen molar-refractivity contribution in [3.63, 3.8) is 0 Å². The zero-order valence-corrected chi connectivity index (χ0v) is 14.1. The van der Waals surface area contributed by atoms with Crippen LogP contribution in [-0.2, 0) is 16.1 Å². The van der Waals surface area contributed by atoms with Gasteiger partial charge in [0.2, 0.25) is 0 Å². The lowest BCUT2D eigenvalue weighted by molar-refractivity contribution is 0.0310. The Labute approximate surface area is 133 Å². The number of rotatable bonds is 10. The van der Waals surface area contributed by atoms with Gasteiger partial charge in [0, 0.05) is 26.8 Å². The van der Waals surface area contributed by atoms with Gasteiger partial charge in [0.05, 0.1) is 18.4 Å². The van der Waals surface area contributed by atoms with E-state index in [2.05, 4.69) is 15.6 Å². The van der Waals surface area contributed by atoms with Gasteiger partial charge in [-0.3, -0.25) is 4.99 Å². The fraction of sp³-hybridized carbons (Fsp3) is 0.688. The van der Waals surface area contributed by atoms with Crippen LogP contribution in [0, 0.1) is 0 Å². The molecule has 0 atom stereocenters. The number of furan rings is 1. The van der Waals surface area contributed by atoms with Crippen LogP contribution in [0.3, 0.4) is 0 Å². The van der Waals surface area contributed by atoms with Crippen molar-refractivity contribution < 1.29 is 13.9 Å². The van der Waals surface area contributed by atoms with Crippen molar-refractivity contribution >= 4 is 5.96 Å². The normalized spacial score (nSPS) is 12.5. The van der Waals surface area contributed by atoms with Crippen LogP contribution in [0.1, 0.15) is 33.0 Å². The molecule has 0 aliphatic carbocycles. The molecule has 0 saturated carbocycles. The van der Waals surface area contributed by atoms with E-state index in [1.165, 1.54) is 0 Å². The minimum atomic E-state index is -0.255. The van der Waals surface area contributed by atoms with Crippen molar-refractivity contribution in [2.75, 3.05) is 33.4 Å². The first-order chi connectivity index (χ1) is 10.6. The zero-order chi connectivity index (χ0) is 16.3. The number of hydrogen-bond donors (Lipinski definition) is 2. The molecule has 0 amide bonds. The summed E-state index contributed by atoms with van der Waals surface area (Å²) >= 11 is 0. The molecule has 0 saturated heterocycles. The highest BCUT2D eigenvalue weighted by atomic mass is 16.5. The van der Waals surface area contributed by atoms with Crippen molar-refractivity contribution in [1.82, 2.24) is 10.6 Å². The molecule has 22 heavy (non-hydrogen) atoms. The predicted octanol–water partition coefficient (Wildman–Crippen LogP) is 2.17. The maximum atomic E-state index is 5.54. The summed E-state index contributed by atoms with van der Waals surface area (Å²) in [5, 5.41) is 6.51. The van der Waals surface area contributed by atoms with E-state index in [0.717, 1.165) is 31.2 Å². The molecule has 0 fully saturated rings. The topological polar surface area (TPSA) is 68.0 Å². The van der Waals surface area contributed by atoms with Gasteiger partial charge in [0.25, 0.3) is 0 Å². The third-order valence-electron chi connectivity index (χ3n) is 3.10. The van der Waals surface area contributed by atoms with E-state index in [4.69, 9.17) is 13.9 Å². The van der Waals surface area contributed by atoms with E-state index in [-0.39, 0.29) is 5.60 Å². The zero-order valence-electron chi connectivity index (χ0n) is 14.1. The van der Waals surface area contributed by atoms with Gasteiger partial charge in [-0.25, -0.2) is 0 Å². The third-order valence-corrected chi connectivity index (χ3v) is 3.10. The van der Waals surface area contributed by atoms with E-state index in [1.54, 1.807) is 13.4 Å². The number of nitrogens with zero attached hydrogens (tertiary/aromatic N) is 1. The van der Waals surface area contributed by atoms with Crippen molar-refractivity contribution in [1.29, 1.82) is 0 Å². The SMILES string of the molecule is CCNC(=NCC(C)(C)OC)NCCCOCc1ccco1. The van der Waals surface area contributed by atoms with E-state index in [1.807, 2.05) is 32.9 Å². The summed E-state index contributed by atoms with van der Waals surface area (Å²) in [4.78, 5) is 4.53. The minimum Gasteiger partial charge on any atom is -0.467 e. The lowest BCUT2D eigenvalue weighted by Crippen LogP contribution is -2.39. The number of guanidine groups is 1. The number of aliphatic imine (C=N–C) groups is 1. The number of methoxy groups -OCH3 is 1. The third kappa shape index (κ3) is 8.05. The largest absolute Gasteiger partial charge is 0.467 e. The van der Waals surface area contributed by atoms with Crippen molar-refractivity contribution in [2.45, 2.75) is 39.4 Å². The van der Waals surface area contributed by atoms with Gasteiger partial charge in [0.15, 0.2) is 5.96 Å². The smallest absolute Gasteiger partial charge is 0.191 e. The summed E-state index contributed by atoms with van der Waals surface area (Å²) in [6, 6.07) is 3.77. The second-order valence-corrected chi connectivity index (χ2v) is 5.57. The summed E-state index contributed by atoms with van der Waals surface area (Å²) in [5.74, 6) is 1.66. The van der Waals surface area contributed by atoms with Gasteiger partial charge in [0.1, 0.15) is 12.4 Å². The number of ether oxygens (including phenoxy) is 2. The van der Waals surface area contributed by atoms with Crippen molar-refractivity contribution in [3.8, 4) is 0 Å². The van der Waals surface area contributed by atoms with E-state index < -0.39 is 0 Å². The molecule has 0 bridgehead atoms. The predicted molar refractivity (Wildman–Crippen MR) is 88.1 cm³/mol. The van der Waals surface area contributed by atoms with Gasteiger partial charge in [-0.2, -0.15) is 0 Å². The Morgan fingerprint density at radius 2 is 2.18 bits per heavy atom. The van der Waals surface area contributed by atoms with Gasteiger partial charge in [-0.1, -0.05) is 0 Å². The standard InChI is InChI=1S/C16H29N3O3/c1-5-17-15(19-13-16(2,3)20-4)18-9-7-10-21-12-14-8-6-11-22-14/h6,8,11H,5,7,9-10,12-13H2,1-4H3,(H2,17,18,19). The number of nitrogens with one attached hydrogen (secondary N) is 2. The monoisotopic (exact) mass is 311 g/mol. The highest BCUT2D eigenvalue weighted by Crippen LogP contribution is 2.07. The summed E-state index contributed by atoms with van der Waals surface area (Å²) < 4.78 is 16.1. The Kier molecular flexibility index (Phi) is 8.62. The minimum absolute atomic E-state index is 0.255. The molecule has 0 unspecified atom stereocenters. The van der Waals surface area contributed by atoms with Crippen LogP contribution in [0.15, 0.2) is 27.8 Å². The highest BCUT2D eigenvalue weighted by Gasteiger charge is 2.15. The molecule has 1 aromatic heterocycles. The van der Waals surface area contributed by atoms with Crippen LogP contribution < -0.4 is 10.6 Å². The average Bonchev–Trinajstić information content (AvgIpc) is 3.01. The van der Waals surface area contributed by atoms with Gasteiger partial charge < -0.3 is 24.5 Å². The Morgan fingerprint density at radius 1 is 1.36 bits per heavy atom. The highest BCUT2D eigenvalue weighted by molar-refractivity contribution is 5.79. The quantitative estimate of drug-likeness (QED) is 0.394. The molecule has 0 aliphatic rings. The number of hydrogen-bond acceptors (Lipinski definition) is 4. The van der Waals surface area contributed by atoms with Crippen LogP contribution in [0.4, 0.5) is 0 Å². The summed E-state index contributed by atoms with van der Waals surface area (Å²) in [7, 11) is 1.70. The van der Waals surface area contributed by atoms with Crippen LogP contribution in [-0.4, -0.2) is 44.9 Å². The van der Waals surface area contributed by atoms with Gasteiger partial charge in [-0.15, -0.1) is 0 Å². The summed E-state index contributed by atoms with van der Waals surface area (Å²) in [6.45, 7) is 9.51. The van der Waals surface area contributed by atoms with Crippen LogP contribution >= 0.6 is 0 Å². The molecule has 2 N–H and O–H groups in total. The van der Waals surface area contributed by atoms with Crippen molar-refractivity contribution in [3.05, 3.63) is 24.2 Å². The summed E-state index contributed by atoms with van der Waals surface area (Å²) in [5.41, 5.74) is -0.255. The molecule has 0 radical (unpaired) electrons. The summed E-state index contributed by atoms with van der Waals surface area (Å²) in [6.07, 6.45) is 2.56. The second-order valence-electron chi connectivity index (χ2n) is 5.57. The Bertz CT molecular complexity index is 416. The molecule has 6 heteroatoms. The van der Waals surface area contributed by atoms with Crippen LogP contribution in [0.5, 0.6) is 0 Å². The average molecular weight is 311 g/mol. The molecule has 1 rings (SSSR count). The second kappa shape index (κ2) is 10.2. The van der Waals surface area contributed by atoms with Gasteiger partial charge in [-0.05, 0) is 39.3 Å². The fourth-order valence-electron chi connectivity index (χ4n) is 1.62. The first-order valence-electron chi connectivity index (χ1n) is 7.75. The van der Waals surface area contributed by atoms with E-state index in [9.17, 15) is 0 Å². The lowest BCUT2D eigenvalue weighted by Gasteiger charge is -2.21. The first-order valence-corrected chi connectivity index (χ1v) is 7.75. The van der Waals surface area contributed by atoms with E-state index >= 15 is 0 Å².